The summed E-state index contributed by atoms with van der Waals surface area (Å²) in [5.41, 5.74) is 8.13. The number of hydrogen-bond donors (Lipinski definition) is 1. The smallest absolute Gasteiger partial charge is 0.152 e. The average Bonchev–Trinajstić information content (AvgIpc) is 2.86. The van der Waals surface area contributed by atoms with Gasteiger partial charge in [0.1, 0.15) is 0 Å². The van der Waals surface area contributed by atoms with Crippen molar-refractivity contribution in [3.63, 3.8) is 0 Å². The van der Waals surface area contributed by atoms with Crippen molar-refractivity contribution in [1.82, 2.24) is 20.2 Å². The van der Waals surface area contributed by atoms with E-state index in [2.05, 4.69) is 53.6 Å². The van der Waals surface area contributed by atoms with Crippen molar-refractivity contribution in [2.75, 3.05) is 6.54 Å². The van der Waals surface area contributed by atoms with Crippen LogP contribution in [0, 0.1) is 0 Å². The Kier molecular flexibility index (Phi) is 4.63. The molecule has 1 heterocycles. The summed E-state index contributed by atoms with van der Waals surface area (Å²) in [7, 11) is 0. The number of nitrogens with two attached hydrogens (primary N) is 1. The van der Waals surface area contributed by atoms with Crippen molar-refractivity contribution >= 4 is 0 Å². The molecule has 0 aliphatic carbocycles. The van der Waals surface area contributed by atoms with E-state index in [0.717, 1.165) is 12.2 Å². The maximum Gasteiger partial charge on any atom is 0.152 e. The van der Waals surface area contributed by atoms with Crippen molar-refractivity contribution < 1.29 is 0 Å². The van der Waals surface area contributed by atoms with Crippen LogP contribution in [0.2, 0.25) is 0 Å². The van der Waals surface area contributed by atoms with E-state index in [-0.39, 0.29) is 0 Å². The van der Waals surface area contributed by atoms with Gasteiger partial charge in [-0.2, -0.15) is 0 Å². The van der Waals surface area contributed by atoms with Gasteiger partial charge in [0.15, 0.2) is 5.82 Å². The molecule has 2 aromatic rings. The maximum atomic E-state index is 5.54. The molecule has 5 heteroatoms. The minimum absolute atomic E-state index is 0.563. The van der Waals surface area contributed by atoms with Crippen molar-refractivity contribution in [3.8, 4) is 0 Å². The van der Waals surface area contributed by atoms with Crippen molar-refractivity contribution in [2.24, 2.45) is 5.73 Å². The lowest BCUT2D eigenvalue weighted by atomic mass is 9.98. The predicted molar refractivity (Wildman–Crippen MR) is 74.8 cm³/mol. The summed E-state index contributed by atoms with van der Waals surface area (Å²) in [6, 6.07) is 8.68. The van der Waals surface area contributed by atoms with E-state index in [1.54, 1.807) is 0 Å². The Morgan fingerprint density at radius 1 is 1.26 bits per heavy atom. The Morgan fingerprint density at radius 2 is 2.00 bits per heavy atom. The molecule has 0 bridgehead atoms. The molecule has 1 aromatic heterocycles. The number of nitrogens with zero attached hydrogens (tertiary/aromatic N) is 4. The molecule has 1 unspecified atom stereocenters. The summed E-state index contributed by atoms with van der Waals surface area (Å²) in [6.45, 7) is 5.71. The molecule has 5 nitrogen and oxygen atoms in total. The largest absolute Gasteiger partial charge is 0.330 e. The minimum atomic E-state index is 0.563. The van der Waals surface area contributed by atoms with Crippen molar-refractivity contribution in [3.05, 3.63) is 41.2 Å². The van der Waals surface area contributed by atoms with Gasteiger partial charge in [-0.3, -0.25) is 0 Å². The molecule has 0 saturated heterocycles. The zero-order chi connectivity index (χ0) is 13.7. The minimum Gasteiger partial charge on any atom is -0.330 e. The lowest BCUT2D eigenvalue weighted by molar-refractivity contribution is 0.616. The second-order valence-corrected chi connectivity index (χ2v) is 4.84. The van der Waals surface area contributed by atoms with Crippen LogP contribution in [0.1, 0.15) is 43.1 Å². The molecule has 2 N–H and O–H groups in total. The molecule has 0 fully saturated rings. The number of tetrazole rings is 1. The Hall–Kier alpha value is -1.75. The van der Waals surface area contributed by atoms with Crippen LogP contribution in [0.4, 0.5) is 0 Å². The van der Waals surface area contributed by atoms with Crippen LogP contribution in [0.3, 0.4) is 0 Å². The fraction of sp³-hybridized carbons (Fsp3) is 0.500. The van der Waals surface area contributed by atoms with Gasteiger partial charge in [-0.05, 0) is 40.4 Å². The van der Waals surface area contributed by atoms with Crippen molar-refractivity contribution in [2.45, 2.75) is 39.2 Å². The number of aromatic nitrogens is 4. The molecule has 1 atom stereocenters. The van der Waals surface area contributed by atoms with Gasteiger partial charge in [0.2, 0.25) is 0 Å². The van der Waals surface area contributed by atoms with Crippen molar-refractivity contribution in [1.29, 1.82) is 0 Å². The second-order valence-electron chi connectivity index (χ2n) is 4.84. The van der Waals surface area contributed by atoms with Gasteiger partial charge in [0.25, 0.3) is 0 Å². The van der Waals surface area contributed by atoms with Gasteiger partial charge in [-0.25, -0.2) is 4.68 Å². The third-order valence-corrected chi connectivity index (χ3v) is 3.47. The van der Waals surface area contributed by atoms with Gasteiger partial charge < -0.3 is 5.73 Å². The first kappa shape index (κ1) is 13.7. The van der Waals surface area contributed by atoms with Gasteiger partial charge in [0, 0.05) is 6.42 Å². The van der Waals surface area contributed by atoms with Gasteiger partial charge >= 0.3 is 0 Å². The Morgan fingerprint density at radius 3 is 2.63 bits per heavy atom. The molecule has 0 aliphatic rings. The van der Waals surface area contributed by atoms with E-state index in [0.29, 0.717) is 25.4 Å². The quantitative estimate of drug-likeness (QED) is 0.857. The Labute approximate surface area is 113 Å². The number of hydrogen-bond acceptors (Lipinski definition) is 4. The predicted octanol–water partition coefficient (Wildman–Crippen LogP) is 1.74. The van der Waals surface area contributed by atoms with Gasteiger partial charge in [-0.15, -0.1) is 5.10 Å². The molecule has 0 radical (unpaired) electrons. The molecule has 102 valence electrons. The zero-order valence-corrected chi connectivity index (χ0v) is 11.6. The average molecular weight is 259 g/mol. The number of benzene rings is 1. The van der Waals surface area contributed by atoms with Crippen LogP contribution in [0.25, 0.3) is 0 Å². The summed E-state index contributed by atoms with van der Waals surface area (Å²) < 4.78 is 1.81. The third kappa shape index (κ3) is 3.38. The summed E-state index contributed by atoms with van der Waals surface area (Å²) in [6.07, 6.45) is 1.87. The van der Waals surface area contributed by atoms with E-state index in [4.69, 9.17) is 5.73 Å². The molecule has 2 rings (SSSR count). The lowest BCUT2D eigenvalue weighted by Gasteiger charge is -2.10. The molecule has 0 saturated carbocycles. The lowest BCUT2D eigenvalue weighted by Crippen LogP contribution is -2.12. The topological polar surface area (TPSA) is 69.6 Å². The fourth-order valence-electron chi connectivity index (χ4n) is 2.01. The fourth-order valence-corrected chi connectivity index (χ4v) is 2.01. The normalized spacial score (nSPS) is 12.6. The van der Waals surface area contributed by atoms with Crippen LogP contribution < -0.4 is 5.73 Å². The SMILES string of the molecule is CCC(C)c1ccc(Cn2nnnc2CCN)cc1. The molecular weight excluding hydrogens is 238 g/mol. The van der Waals surface area contributed by atoms with Crippen LogP contribution in [-0.2, 0) is 13.0 Å². The highest BCUT2D eigenvalue weighted by Crippen LogP contribution is 2.19. The molecule has 1 aromatic carbocycles. The Balaban J connectivity index is 2.08. The molecule has 0 aliphatic heterocycles. The molecular formula is C14H21N5. The van der Waals surface area contributed by atoms with E-state index in [9.17, 15) is 0 Å². The highest BCUT2D eigenvalue weighted by Gasteiger charge is 2.07. The summed E-state index contributed by atoms with van der Waals surface area (Å²) >= 11 is 0. The zero-order valence-electron chi connectivity index (χ0n) is 11.6. The maximum absolute atomic E-state index is 5.54. The highest BCUT2D eigenvalue weighted by atomic mass is 15.5. The summed E-state index contributed by atoms with van der Waals surface area (Å²) in [5, 5.41) is 11.7. The van der Waals surface area contributed by atoms with Gasteiger partial charge in [0.05, 0.1) is 6.54 Å². The van der Waals surface area contributed by atoms with Crippen LogP contribution in [0.15, 0.2) is 24.3 Å². The monoisotopic (exact) mass is 259 g/mol. The third-order valence-electron chi connectivity index (χ3n) is 3.47. The Bertz CT molecular complexity index is 503. The number of rotatable bonds is 6. The first-order chi connectivity index (χ1) is 9.24. The summed E-state index contributed by atoms with van der Waals surface area (Å²) in [5.74, 6) is 1.45. The van der Waals surface area contributed by atoms with Crippen LogP contribution >= 0.6 is 0 Å². The van der Waals surface area contributed by atoms with E-state index >= 15 is 0 Å². The van der Waals surface area contributed by atoms with Crippen LogP contribution in [-0.4, -0.2) is 26.8 Å². The van der Waals surface area contributed by atoms with Crippen LogP contribution in [0.5, 0.6) is 0 Å². The molecule has 0 amide bonds. The molecule has 0 spiro atoms. The van der Waals surface area contributed by atoms with E-state index in [1.165, 1.54) is 11.1 Å². The van der Waals surface area contributed by atoms with E-state index < -0.39 is 0 Å². The van der Waals surface area contributed by atoms with E-state index in [1.807, 2.05) is 4.68 Å². The summed E-state index contributed by atoms with van der Waals surface area (Å²) in [4.78, 5) is 0. The first-order valence-electron chi connectivity index (χ1n) is 6.78. The highest BCUT2D eigenvalue weighted by molar-refractivity contribution is 5.25. The standard InChI is InChI=1S/C14H21N5/c1-3-11(2)13-6-4-12(5-7-13)10-19-14(8-9-15)16-17-18-19/h4-7,11H,3,8-10,15H2,1-2H3. The first-order valence-corrected chi connectivity index (χ1v) is 6.78. The second kappa shape index (κ2) is 6.43. The van der Waals surface area contributed by atoms with Gasteiger partial charge in [-0.1, -0.05) is 38.1 Å². The molecule has 19 heavy (non-hydrogen) atoms.